The Bertz CT molecular complexity index is 610. The second-order valence-electron chi connectivity index (χ2n) is 5.29. The molecule has 0 N–H and O–H groups in total. The van der Waals surface area contributed by atoms with Crippen molar-refractivity contribution < 1.29 is 9.53 Å². The molecule has 0 aromatic heterocycles. The van der Waals surface area contributed by atoms with Gasteiger partial charge in [-0.25, -0.2) is 4.79 Å². The van der Waals surface area contributed by atoms with Crippen LogP contribution in [-0.4, -0.2) is 36.4 Å². The third-order valence-electron chi connectivity index (χ3n) is 3.57. The van der Waals surface area contributed by atoms with Gasteiger partial charge in [0, 0.05) is 23.8 Å². The van der Waals surface area contributed by atoms with Gasteiger partial charge in [0.1, 0.15) is 11.7 Å². The van der Waals surface area contributed by atoms with Crippen LogP contribution in [0.2, 0.25) is 5.02 Å². The number of rotatable bonds is 5. The Labute approximate surface area is 136 Å². The van der Waals surface area contributed by atoms with Crippen molar-refractivity contribution in [3.05, 3.63) is 46.6 Å². The highest BCUT2D eigenvalue weighted by molar-refractivity contribution is 6.37. The molecule has 1 aromatic carbocycles. The van der Waals surface area contributed by atoms with Gasteiger partial charge in [-0.1, -0.05) is 43.1 Å². The van der Waals surface area contributed by atoms with E-state index in [-0.39, 0.29) is 12.1 Å². The second kappa shape index (κ2) is 7.45. The fourth-order valence-corrected chi connectivity index (χ4v) is 2.35. The second-order valence-corrected chi connectivity index (χ2v) is 5.69. The van der Waals surface area contributed by atoms with Crippen molar-refractivity contribution in [2.75, 3.05) is 13.7 Å². The predicted molar refractivity (Wildman–Crippen MR) is 89.2 cm³/mol. The van der Waals surface area contributed by atoms with Crippen molar-refractivity contribution in [2.24, 2.45) is 4.99 Å². The molecule has 1 heterocycles. The van der Waals surface area contributed by atoms with Crippen molar-refractivity contribution >= 4 is 23.3 Å². The van der Waals surface area contributed by atoms with Crippen LogP contribution in [0, 0.1) is 0 Å². The summed E-state index contributed by atoms with van der Waals surface area (Å²) in [6, 6.07) is 7.40. The van der Waals surface area contributed by atoms with Gasteiger partial charge in [-0.3, -0.25) is 4.99 Å². The lowest BCUT2D eigenvalue weighted by atomic mass is 10.0. The van der Waals surface area contributed by atoms with Gasteiger partial charge in [0.25, 0.3) is 0 Å². The fourth-order valence-electron chi connectivity index (χ4n) is 2.12. The molecule has 0 amide bonds. The number of unbranched alkanes of at least 4 members (excludes halogenated alkanes) is 1. The van der Waals surface area contributed by atoms with Gasteiger partial charge in [-0.2, -0.15) is 0 Å². The summed E-state index contributed by atoms with van der Waals surface area (Å²) in [5.74, 6) is -0.356. The number of esters is 1. The molecule has 0 aliphatic carbocycles. The number of carbonyl (C=O) groups excluding carboxylic acids is 1. The van der Waals surface area contributed by atoms with Gasteiger partial charge in [-0.05, 0) is 19.4 Å². The van der Waals surface area contributed by atoms with E-state index in [0.717, 1.165) is 18.4 Å². The Kier molecular flexibility index (Phi) is 5.61. The largest absolute Gasteiger partial charge is 0.462 e. The van der Waals surface area contributed by atoms with E-state index in [9.17, 15) is 4.79 Å². The summed E-state index contributed by atoms with van der Waals surface area (Å²) in [6.07, 6.45) is 3.56. The normalized spacial score (nSPS) is 17.8. The molecular formula is C17H21ClN2O2. The topological polar surface area (TPSA) is 41.9 Å². The average Bonchev–Trinajstić information content (AvgIpc) is 2.50. The molecule has 0 spiro atoms. The quantitative estimate of drug-likeness (QED) is 0.614. The molecule has 1 aliphatic rings. The molecule has 4 nitrogen and oxygen atoms in total. The van der Waals surface area contributed by atoms with Crippen molar-refractivity contribution in [1.29, 1.82) is 0 Å². The molecule has 0 fully saturated rings. The Hall–Kier alpha value is -1.81. The van der Waals surface area contributed by atoms with E-state index < -0.39 is 0 Å². The van der Waals surface area contributed by atoms with E-state index in [1.54, 1.807) is 12.3 Å². The van der Waals surface area contributed by atoms with Gasteiger partial charge in [0.2, 0.25) is 0 Å². The number of nitrogens with zero attached hydrogens (tertiary/aromatic N) is 2. The lowest BCUT2D eigenvalue weighted by molar-refractivity contribution is -0.138. The SMILES string of the molecule is CCCCOC(=O)C1=CN(C)C(C)N=C1c1ccccc1Cl. The molecule has 1 atom stereocenters. The zero-order chi connectivity index (χ0) is 16.1. The first-order chi connectivity index (χ1) is 10.5. The summed E-state index contributed by atoms with van der Waals surface area (Å²) in [4.78, 5) is 18.9. The molecule has 5 heteroatoms. The Morgan fingerprint density at radius 1 is 1.41 bits per heavy atom. The lowest BCUT2D eigenvalue weighted by Gasteiger charge is -2.27. The molecule has 1 aliphatic heterocycles. The van der Waals surface area contributed by atoms with E-state index in [1.165, 1.54) is 0 Å². The zero-order valence-corrected chi connectivity index (χ0v) is 13.9. The summed E-state index contributed by atoms with van der Waals surface area (Å²) in [6.45, 7) is 4.44. The molecule has 2 rings (SSSR count). The van der Waals surface area contributed by atoms with Gasteiger partial charge < -0.3 is 9.64 Å². The van der Waals surface area contributed by atoms with Gasteiger partial charge in [0.05, 0.1) is 12.3 Å². The summed E-state index contributed by atoms with van der Waals surface area (Å²) in [7, 11) is 1.89. The highest BCUT2D eigenvalue weighted by atomic mass is 35.5. The van der Waals surface area contributed by atoms with Crippen molar-refractivity contribution in [2.45, 2.75) is 32.9 Å². The summed E-state index contributed by atoms with van der Waals surface area (Å²) < 4.78 is 5.34. The monoisotopic (exact) mass is 320 g/mol. The van der Waals surface area contributed by atoms with Crippen molar-refractivity contribution in [1.82, 2.24) is 4.90 Å². The van der Waals surface area contributed by atoms with Gasteiger partial charge in [-0.15, -0.1) is 0 Å². The minimum absolute atomic E-state index is 0.0570. The maximum absolute atomic E-state index is 12.4. The number of hydrogen-bond donors (Lipinski definition) is 0. The molecule has 0 saturated heterocycles. The molecule has 1 aromatic rings. The van der Waals surface area contributed by atoms with Crippen molar-refractivity contribution in [3.8, 4) is 0 Å². The zero-order valence-electron chi connectivity index (χ0n) is 13.2. The third-order valence-corrected chi connectivity index (χ3v) is 3.90. The van der Waals surface area contributed by atoms with Crippen molar-refractivity contribution in [3.63, 3.8) is 0 Å². The first-order valence-corrected chi connectivity index (χ1v) is 7.86. The Morgan fingerprint density at radius 2 is 2.14 bits per heavy atom. The van der Waals surface area contributed by atoms with Crippen LogP contribution in [0.3, 0.4) is 0 Å². The molecule has 1 unspecified atom stereocenters. The van der Waals surface area contributed by atoms with Crippen LogP contribution < -0.4 is 0 Å². The highest BCUT2D eigenvalue weighted by Gasteiger charge is 2.26. The maximum Gasteiger partial charge on any atom is 0.341 e. The Balaban J connectivity index is 2.32. The standard InChI is InChI=1S/C17H21ClN2O2/c1-4-5-10-22-17(21)14-11-20(3)12(2)19-16(14)13-8-6-7-9-15(13)18/h6-9,11-12H,4-5,10H2,1-3H3. The predicted octanol–water partition coefficient (Wildman–Crippen LogP) is 3.65. The van der Waals surface area contributed by atoms with Crippen LogP contribution in [0.4, 0.5) is 0 Å². The summed E-state index contributed by atoms with van der Waals surface area (Å²) in [5.41, 5.74) is 1.80. The van der Waals surface area contributed by atoms with E-state index in [1.807, 2.05) is 37.1 Å². The van der Waals surface area contributed by atoms with Gasteiger partial charge in [0.15, 0.2) is 0 Å². The van der Waals surface area contributed by atoms with E-state index in [2.05, 4.69) is 11.9 Å². The lowest BCUT2D eigenvalue weighted by Crippen LogP contribution is -2.32. The third kappa shape index (κ3) is 3.69. The number of benzene rings is 1. The number of ether oxygens (including phenoxy) is 1. The van der Waals surface area contributed by atoms with Crippen LogP contribution in [0.1, 0.15) is 32.3 Å². The smallest absolute Gasteiger partial charge is 0.341 e. The maximum atomic E-state index is 12.4. The number of aliphatic imine (C=N–C) groups is 1. The first-order valence-electron chi connectivity index (χ1n) is 7.48. The average molecular weight is 321 g/mol. The summed E-state index contributed by atoms with van der Waals surface area (Å²) in [5, 5.41) is 0.574. The minimum atomic E-state index is -0.356. The van der Waals surface area contributed by atoms with Crippen LogP contribution in [0.5, 0.6) is 0 Å². The minimum Gasteiger partial charge on any atom is -0.462 e. The molecule has 118 valence electrons. The number of halogens is 1. The molecular weight excluding hydrogens is 300 g/mol. The Morgan fingerprint density at radius 3 is 2.82 bits per heavy atom. The van der Waals surface area contributed by atoms with Crippen LogP contribution in [0.25, 0.3) is 0 Å². The fraction of sp³-hybridized carbons (Fsp3) is 0.412. The number of hydrogen-bond acceptors (Lipinski definition) is 4. The van der Waals surface area contributed by atoms with E-state index in [4.69, 9.17) is 16.3 Å². The van der Waals surface area contributed by atoms with Gasteiger partial charge >= 0.3 is 5.97 Å². The summed E-state index contributed by atoms with van der Waals surface area (Å²) >= 11 is 6.26. The highest BCUT2D eigenvalue weighted by Crippen LogP contribution is 2.24. The first kappa shape index (κ1) is 16.6. The molecule has 0 bridgehead atoms. The van der Waals surface area contributed by atoms with Crippen LogP contribution >= 0.6 is 11.6 Å². The number of carbonyl (C=O) groups is 1. The van der Waals surface area contributed by atoms with E-state index in [0.29, 0.717) is 22.9 Å². The van der Waals surface area contributed by atoms with Crippen LogP contribution in [-0.2, 0) is 9.53 Å². The van der Waals surface area contributed by atoms with Crippen LogP contribution in [0.15, 0.2) is 41.0 Å². The molecule has 0 radical (unpaired) electrons. The molecule has 0 saturated carbocycles. The molecule has 22 heavy (non-hydrogen) atoms. The van der Waals surface area contributed by atoms with E-state index >= 15 is 0 Å².